The smallest absolute Gasteiger partial charge is 0.354 e. The molecule has 1 saturated heterocycles. The zero-order chi connectivity index (χ0) is 18.4. The molecule has 0 amide bonds. The topological polar surface area (TPSA) is 68.7 Å². The quantitative estimate of drug-likeness (QED) is 0.726. The minimum atomic E-state index is -1.01. The molecule has 0 saturated carbocycles. The number of carbonyl (C=O) groups is 1. The summed E-state index contributed by atoms with van der Waals surface area (Å²) in [5.41, 5.74) is 1.25. The number of benzene rings is 1. The van der Waals surface area contributed by atoms with Crippen molar-refractivity contribution < 1.29 is 9.90 Å². The molecule has 0 aliphatic carbocycles. The predicted octanol–water partition coefficient (Wildman–Crippen LogP) is 3.06. The Hall–Kier alpha value is -2.31. The Morgan fingerprint density at radius 2 is 1.92 bits per heavy atom. The van der Waals surface area contributed by atoms with E-state index in [1.165, 1.54) is 11.8 Å². The van der Waals surface area contributed by atoms with Gasteiger partial charge in [0.2, 0.25) is 0 Å². The van der Waals surface area contributed by atoms with E-state index in [0.29, 0.717) is 5.82 Å². The number of rotatable bonds is 7. The maximum Gasteiger partial charge on any atom is 0.354 e. The largest absolute Gasteiger partial charge is 0.477 e. The van der Waals surface area contributed by atoms with Crippen LogP contribution in [-0.4, -0.2) is 60.2 Å². The van der Waals surface area contributed by atoms with E-state index < -0.39 is 5.97 Å². The molecule has 1 aliphatic heterocycles. The Balaban J connectivity index is 1.38. The number of nitrogens with zero attached hydrogens (tertiary/aromatic N) is 3. The summed E-state index contributed by atoms with van der Waals surface area (Å²) in [7, 11) is 0. The van der Waals surface area contributed by atoms with Crippen LogP contribution in [-0.2, 0) is 0 Å². The maximum absolute atomic E-state index is 10.9. The number of carboxylic acid groups (broad SMARTS) is 1. The highest BCUT2D eigenvalue weighted by Gasteiger charge is 2.16. The molecular weight excluding hydrogens is 352 g/mol. The van der Waals surface area contributed by atoms with Gasteiger partial charge in [-0.2, -0.15) is 0 Å². The van der Waals surface area contributed by atoms with Crippen molar-refractivity contribution in [3.05, 3.63) is 53.2 Å². The maximum atomic E-state index is 10.9. The summed E-state index contributed by atoms with van der Waals surface area (Å²) < 4.78 is 0. The van der Waals surface area contributed by atoms with E-state index in [1.54, 1.807) is 12.1 Å². The fourth-order valence-electron chi connectivity index (χ4n) is 3.07. The van der Waals surface area contributed by atoms with Gasteiger partial charge in [-0.1, -0.05) is 23.7 Å². The number of anilines is 2. The summed E-state index contributed by atoms with van der Waals surface area (Å²) in [6.07, 6.45) is 0.982. The number of aromatic nitrogens is 1. The number of aromatic carboxylic acids is 1. The predicted molar refractivity (Wildman–Crippen MR) is 104 cm³/mol. The first kappa shape index (κ1) is 18.5. The third-order valence-electron chi connectivity index (χ3n) is 4.47. The van der Waals surface area contributed by atoms with E-state index in [4.69, 9.17) is 16.7 Å². The normalized spacial score (nSPS) is 15.0. The standard InChI is InChI=1S/C19H23ClN4O2/c20-15-4-1-5-16(14-15)24-12-10-23(11-13-24)9-3-8-21-18-7-2-6-17(22-18)19(25)26/h1-2,4-7,14H,3,8-13H2,(H,21,22)(H,25,26). The van der Waals surface area contributed by atoms with Crippen LogP contribution in [0.3, 0.4) is 0 Å². The Morgan fingerprint density at radius 1 is 1.15 bits per heavy atom. The number of nitrogens with one attached hydrogen (secondary N) is 1. The van der Waals surface area contributed by atoms with E-state index in [1.807, 2.05) is 18.2 Å². The molecule has 0 spiro atoms. The average Bonchev–Trinajstić information content (AvgIpc) is 2.66. The van der Waals surface area contributed by atoms with Crippen LogP contribution in [0.15, 0.2) is 42.5 Å². The second-order valence-corrected chi connectivity index (χ2v) is 6.74. The van der Waals surface area contributed by atoms with Crippen LogP contribution in [0.4, 0.5) is 11.5 Å². The molecule has 1 aliphatic rings. The van der Waals surface area contributed by atoms with Crippen molar-refractivity contribution in [2.75, 3.05) is 49.5 Å². The minimum absolute atomic E-state index is 0.0622. The Kier molecular flexibility index (Phi) is 6.30. The Bertz CT molecular complexity index is 748. The molecule has 138 valence electrons. The van der Waals surface area contributed by atoms with Gasteiger partial charge in [-0.05, 0) is 43.3 Å². The molecule has 26 heavy (non-hydrogen) atoms. The van der Waals surface area contributed by atoms with E-state index in [9.17, 15) is 4.79 Å². The molecule has 3 rings (SSSR count). The van der Waals surface area contributed by atoms with Crippen LogP contribution in [0, 0.1) is 0 Å². The third-order valence-corrected chi connectivity index (χ3v) is 4.71. The molecule has 0 unspecified atom stereocenters. The number of piperazine rings is 1. The fraction of sp³-hybridized carbons (Fsp3) is 0.368. The molecule has 6 nitrogen and oxygen atoms in total. The number of hydrogen-bond donors (Lipinski definition) is 2. The van der Waals surface area contributed by atoms with E-state index in [0.717, 1.165) is 50.7 Å². The first-order chi connectivity index (χ1) is 12.6. The zero-order valence-corrected chi connectivity index (χ0v) is 15.3. The number of pyridine rings is 1. The highest BCUT2D eigenvalue weighted by molar-refractivity contribution is 6.30. The number of hydrogen-bond acceptors (Lipinski definition) is 5. The lowest BCUT2D eigenvalue weighted by atomic mass is 10.2. The minimum Gasteiger partial charge on any atom is -0.477 e. The summed E-state index contributed by atoms with van der Waals surface area (Å²) in [6.45, 7) is 5.82. The van der Waals surface area contributed by atoms with Crippen molar-refractivity contribution in [2.24, 2.45) is 0 Å². The van der Waals surface area contributed by atoms with Crippen molar-refractivity contribution in [2.45, 2.75) is 6.42 Å². The van der Waals surface area contributed by atoms with Crippen molar-refractivity contribution >= 4 is 29.1 Å². The molecule has 0 atom stereocenters. The van der Waals surface area contributed by atoms with Gasteiger partial charge in [0.05, 0.1) is 0 Å². The van der Waals surface area contributed by atoms with Gasteiger partial charge in [-0.3, -0.25) is 4.90 Å². The van der Waals surface area contributed by atoms with Gasteiger partial charge in [0, 0.05) is 43.4 Å². The lowest BCUT2D eigenvalue weighted by molar-refractivity contribution is 0.0690. The van der Waals surface area contributed by atoms with Gasteiger partial charge in [-0.15, -0.1) is 0 Å². The van der Waals surface area contributed by atoms with E-state index in [-0.39, 0.29) is 5.69 Å². The van der Waals surface area contributed by atoms with Gasteiger partial charge >= 0.3 is 5.97 Å². The van der Waals surface area contributed by atoms with Gasteiger partial charge in [0.15, 0.2) is 5.69 Å². The van der Waals surface area contributed by atoms with Gasteiger partial charge < -0.3 is 15.3 Å². The fourth-order valence-corrected chi connectivity index (χ4v) is 3.26. The van der Waals surface area contributed by atoms with Gasteiger partial charge in [0.25, 0.3) is 0 Å². The molecule has 7 heteroatoms. The van der Waals surface area contributed by atoms with Crippen molar-refractivity contribution in [1.29, 1.82) is 0 Å². The van der Waals surface area contributed by atoms with Crippen LogP contribution in [0.25, 0.3) is 0 Å². The lowest BCUT2D eigenvalue weighted by Crippen LogP contribution is -2.46. The Labute approximate surface area is 158 Å². The van der Waals surface area contributed by atoms with Crippen molar-refractivity contribution in [3.63, 3.8) is 0 Å². The first-order valence-corrected chi connectivity index (χ1v) is 9.17. The summed E-state index contributed by atoms with van der Waals surface area (Å²) in [5.74, 6) is -0.401. The molecule has 0 bridgehead atoms. The molecule has 0 radical (unpaired) electrons. The summed E-state index contributed by atoms with van der Waals surface area (Å²) >= 11 is 6.07. The highest BCUT2D eigenvalue weighted by atomic mass is 35.5. The number of carboxylic acids is 1. The second-order valence-electron chi connectivity index (χ2n) is 6.30. The monoisotopic (exact) mass is 374 g/mol. The molecule has 2 heterocycles. The molecule has 1 aromatic heterocycles. The summed E-state index contributed by atoms with van der Waals surface area (Å²) in [4.78, 5) is 19.8. The van der Waals surface area contributed by atoms with Gasteiger partial charge in [0.1, 0.15) is 5.82 Å². The molecule has 2 aromatic rings. The zero-order valence-electron chi connectivity index (χ0n) is 14.6. The number of halogens is 1. The van der Waals surface area contributed by atoms with Crippen LogP contribution in [0.1, 0.15) is 16.9 Å². The average molecular weight is 375 g/mol. The lowest BCUT2D eigenvalue weighted by Gasteiger charge is -2.36. The molecule has 2 N–H and O–H groups in total. The van der Waals surface area contributed by atoms with Crippen LogP contribution < -0.4 is 10.2 Å². The second kappa shape index (κ2) is 8.87. The van der Waals surface area contributed by atoms with Crippen molar-refractivity contribution in [3.8, 4) is 0 Å². The molecular formula is C19H23ClN4O2. The first-order valence-electron chi connectivity index (χ1n) is 8.79. The summed E-state index contributed by atoms with van der Waals surface area (Å²) in [6, 6.07) is 13.0. The SMILES string of the molecule is O=C(O)c1cccc(NCCCN2CCN(c3cccc(Cl)c3)CC2)n1. The van der Waals surface area contributed by atoms with Crippen LogP contribution in [0.5, 0.6) is 0 Å². The van der Waals surface area contributed by atoms with E-state index >= 15 is 0 Å². The Morgan fingerprint density at radius 3 is 2.65 bits per heavy atom. The summed E-state index contributed by atoms with van der Waals surface area (Å²) in [5, 5.41) is 12.9. The van der Waals surface area contributed by atoms with Crippen LogP contribution in [0.2, 0.25) is 5.02 Å². The van der Waals surface area contributed by atoms with Gasteiger partial charge in [-0.25, -0.2) is 9.78 Å². The highest BCUT2D eigenvalue weighted by Crippen LogP contribution is 2.20. The van der Waals surface area contributed by atoms with Crippen LogP contribution >= 0.6 is 11.6 Å². The molecule has 1 aromatic carbocycles. The van der Waals surface area contributed by atoms with E-state index in [2.05, 4.69) is 26.2 Å². The molecule has 1 fully saturated rings. The van der Waals surface area contributed by atoms with Crippen molar-refractivity contribution in [1.82, 2.24) is 9.88 Å². The third kappa shape index (κ3) is 5.09.